The minimum Gasteiger partial charge on any atom is -0.387 e. The molecule has 1 aromatic carbocycles. The highest BCUT2D eigenvalue weighted by Gasteiger charge is 2.39. The second-order valence-corrected chi connectivity index (χ2v) is 5.27. The van der Waals surface area contributed by atoms with E-state index in [1.165, 1.54) is 0 Å². The molecule has 2 aromatic rings. The lowest BCUT2D eigenvalue weighted by atomic mass is 9.91. The summed E-state index contributed by atoms with van der Waals surface area (Å²) < 4.78 is 5.36. The summed E-state index contributed by atoms with van der Waals surface area (Å²) in [5.74, 6) is 0.793. The summed E-state index contributed by atoms with van der Waals surface area (Å²) >= 11 is 0. The van der Waals surface area contributed by atoms with Crippen LogP contribution in [0.4, 0.5) is 0 Å². The Morgan fingerprint density at radius 1 is 1.32 bits per heavy atom. The van der Waals surface area contributed by atoms with Gasteiger partial charge in [0.25, 0.3) is 0 Å². The summed E-state index contributed by atoms with van der Waals surface area (Å²) in [7, 11) is 0. The van der Waals surface area contributed by atoms with Crippen molar-refractivity contribution >= 4 is 0 Å². The van der Waals surface area contributed by atoms with Crippen LogP contribution in [0.3, 0.4) is 0 Å². The fraction of sp³-hybridized carbons (Fsp3) is 0.400. The van der Waals surface area contributed by atoms with Gasteiger partial charge in [0.1, 0.15) is 0 Å². The maximum atomic E-state index is 9.96. The number of aromatic nitrogens is 1. The number of aliphatic hydroxyl groups is 1. The van der Waals surface area contributed by atoms with Crippen molar-refractivity contribution < 1.29 is 9.63 Å². The van der Waals surface area contributed by atoms with Crippen molar-refractivity contribution in [2.24, 2.45) is 0 Å². The second-order valence-electron chi connectivity index (χ2n) is 5.27. The summed E-state index contributed by atoms with van der Waals surface area (Å²) in [6.45, 7) is 4.19. The van der Waals surface area contributed by atoms with Crippen molar-refractivity contribution in [2.45, 2.75) is 25.5 Å². The molecule has 0 bridgehead atoms. The van der Waals surface area contributed by atoms with Gasteiger partial charge in [0.05, 0.1) is 11.3 Å². The Morgan fingerprint density at radius 2 is 2.05 bits per heavy atom. The van der Waals surface area contributed by atoms with E-state index < -0.39 is 5.60 Å². The third-order valence-electron chi connectivity index (χ3n) is 3.70. The van der Waals surface area contributed by atoms with Crippen LogP contribution in [0.25, 0.3) is 11.3 Å². The molecule has 0 spiro atoms. The topological polar surface area (TPSA) is 49.5 Å². The lowest BCUT2D eigenvalue weighted by molar-refractivity contribution is -0.104. The van der Waals surface area contributed by atoms with Gasteiger partial charge in [-0.1, -0.05) is 42.4 Å². The van der Waals surface area contributed by atoms with Gasteiger partial charge in [0.15, 0.2) is 5.76 Å². The van der Waals surface area contributed by atoms with Crippen molar-refractivity contribution in [1.82, 2.24) is 10.1 Å². The third-order valence-corrected chi connectivity index (χ3v) is 3.70. The molecule has 1 aliphatic heterocycles. The summed E-state index contributed by atoms with van der Waals surface area (Å²) in [5.41, 5.74) is 1.46. The summed E-state index contributed by atoms with van der Waals surface area (Å²) in [6.07, 6.45) is 0.803. The highest BCUT2D eigenvalue weighted by Crippen LogP contribution is 2.26. The Bertz CT molecular complexity index is 544. The first kappa shape index (κ1) is 12.4. The van der Waals surface area contributed by atoms with Crippen molar-refractivity contribution in [2.75, 3.05) is 13.1 Å². The smallest absolute Gasteiger partial charge is 0.167 e. The standard InChI is InChI=1S/C15H18N2O2/c1-2-15(18)10-17(11-15)9-13-8-14(19-16-13)12-6-4-3-5-7-12/h3-8,18H,2,9-11H2,1H3. The highest BCUT2D eigenvalue weighted by atomic mass is 16.5. The molecule has 1 N–H and O–H groups in total. The summed E-state index contributed by atoms with van der Waals surface area (Å²) in [5, 5.41) is 14.1. The molecule has 4 nitrogen and oxygen atoms in total. The number of rotatable bonds is 4. The Labute approximate surface area is 112 Å². The average Bonchev–Trinajstić information content (AvgIpc) is 2.86. The van der Waals surface area contributed by atoms with Crippen LogP contribution < -0.4 is 0 Å². The molecule has 0 amide bonds. The number of β-amino-alcohol motifs (C(OH)–C–C–N with tert-alkyl or cyclic N) is 1. The van der Waals surface area contributed by atoms with Gasteiger partial charge < -0.3 is 9.63 Å². The van der Waals surface area contributed by atoms with Crippen LogP contribution in [0.5, 0.6) is 0 Å². The van der Waals surface area contributed by atoms with Crippen LogP contribution in [-0.2, 0) is 6.54 Å². The normalized spacial score (nSPS) is 18.2. The first-order valence-electron chi connectivity index (χ1n) is 6.64. The maximum Gasteiger partial charge on any atom is 0.167 e. The molecule has 2 heterocycles. The van der Waals surface area contributed by atoms with Gasteiger partial charge in [0.2, 0.25) is 0 Å². The second kappa shape index (κ2) is 4.79. The Hall–Kier alpha value is -1.65. The van der Waals surface area contributed by atoms with Gasteiger partial charge in [0, 0.05) is 31.3 Å². The third kappa shape index (κ3) is 2.55. The molecular weight excluding hydrogens is 240 g/mol. The summed E-state index contributed by atoms with van der Waals surface area (Å²) in [6, 6.07) is 11.9. The number of hydrogen-bond donors (Lipinski definition) is 1. The monoisotopic (exact) mass is 258 g/mol. The predicted molar refractivity (Wildman–Crippen MR) is 72.5 cm³/mol. The van der Waals surface area contributed by atoms with E-state index in [0.717, 1.165) is 43.1 Å². The van der Waals surface area contributed by atoms with Crippen LogP contribution in [0.15, 0.2) is 40.9 Å². The Kier molecular flexibility index (Phi) is 3.12. The average molecular weight is 258 g/mol. The molecule has 0 unspecified atom stereocenters. The Balaban J connectivity index is 1.64. The predicted octanol–water partition coefficient (Wildman–Crippen LogP) is 2.30. The molecule has 1 fully saturated rings. The van der Waals surface area contributed by atoms with Crippen LogP contribution >= 0.6 is 0 Å². The van der Waals surface area contributed by atoms with Gasteiger partial charge in [-0.15, -0.1) is 0 Å². The molecule has 0 aliphatic carbocycles. The Morgan fingerprint density at radius 3 is 2.74 bits per heavy atom. The molecule has 1 saturated heterocycles. The first-order chi connectivity index (χ1) is 9.18. The van der Waals surface area contributed by atoms with E-state index in [2.05, 4.69) is 10.1 Å². The number of hydrogen-bond acceptors (Lipinski definition) is 4. The quantitative estimate of drug-likeness (QED) is 0.914. The van der Waals surface area contributed by atoms with Gasteiger partial charge in [-0.3, -0.25) is 4.90 Å². The van der Waals surface area contributed by atoms with Crippen LogP contribution in [0.2, 0.25) is 0 Å². The first-order valence-corrected chi connectivity index (χ1v) is 6.64. The molecule has 1 aliphatic rings. The van der Waals surface area contributed by atoms with E-state index in [-0.39, 0.29) is 0 Å². The van der Waals surface area contributed by atoms with Crippen LogP contribution in [0.1, 0.15) is 19.0 Å². The molecule has 100 valence electrons. The van der Waals surface area contributed by atoms with Crippen LogP contribution in [0, 0.1) is 0 Å². The number of nitrogens with zero attached hydrogens (tertiary/aromatic N) is 2. The molecule has 1 aromatic heterocycles. The highest BCUT2D eigenvalue weighted by molar-refractivity contribution is 5.56. The minimum atomic E-state index is -0.494. The van der Waals surface area contributed by atoms with Crippen LogP contribution in [-0.4, -0.2) is 33.9 Å². The van der Waals surface area contributed by atoms with Crippen molar-refractivity contribution in [1.29, 1.82) is 0 Å². The molecule has 3 rings (SSSR count). The van der Waals surface area contributed by atoms with E-state index in [1.807, 2.05) is 43.3 Å². The number of benzene rings is 1. The molecule has 0 atom stereocenters. The zero-order valence-corrected chi connectivity index (χ0v) is 11.0. The SMILES string of the molecule is CCC1(O)CN(Cc2cc(-c3ccccc3)on2)C1. The van der Waals surface area contributed by atoms with Crippen molar-refractivity contribution in [3.63, 3.8) is 0 Å². The van der Waals surface area contributed by atoms with E-state index >= 15 is 0 Å². The zero-order chi connectivity index (χ0) is 13.3. The maximum absolute atomic E-state index is 9.96. The number of likely N-dealkylation sites (tertiary alicyclic amines) is 1. The molecule has 4 heteroatoms. The fourth-order valence-electron chi connectivity index (χ4n) is 2.48. The van der Waals surface area contributed by atoms with E-state index in [1.54, 1.807) is 0 Å². The molecule has 0 radical (unpaired) electrons. The van der Waals surface area contributed by atoms with E-state index in [9.17, 15) is 5.11 Å². The molecule has 19 heavy (non-hydrogen) atoms. The van der Waals surface area contributed by atoms with E-state index in [0.29, 0.717) is 0 Å². The molecule has 0 saturated carbocycles. The lowest BCUT2D eigenvalue weighted by Gasteiger charge is -2.45. The zero-order valence-electron chi connectivity index (χ0n) is 11.0. The lowest BCUT2D eigenvalue weighted by Crippen LogP contribution is -2.60. The van der Waals surface area contributed by atoms with Gasteiger partial charge >= 0.3 is 0 Å². The van der Waals surface area contributed by atoms with Gasteiger partial charge in [-0.25, -0.2) is 0 Å². The summed E-state index contributed by atoms with van der Waals surface area (Å²) in [4.78, 5) is 2.18. The minimum absolute atomic E-state index is 0.494. The fourth-order valence-corrected chi connectivity index (χ4v) is 2.48. The van der Waals surface area contributed by atoms with Crippen molar-refractivity contribution in [3.8, 4) is 11.3 Å². The van der Waals surface area contributed by atoms with E-state index in [4.69, 9.17) is 4.52 Å². The van der Waals surface area contributed by atoms with Gasteiger partial charge in [-0.05, 0) is 6.42 Å². The van der Waals surface area contributed by atoms with Crippen molar-refractivity contribution in [3.05, 3.63) is 42.1 Å². The molecular formula is C15H18N2O2. The largest absolute Gasteiger partial charge is 0.387 e. The van der Waals surface area contributed by atoms with Gasteiger partial charge in [-0.2, -0.15) is 0 Å².